The normalized spacial score (nSPS) is 25.7. The molecule has 1 aromatic rings. The van der Waals surface area contributed by atoms with Crippen LogP contribution in [0.2, 0.25) is 0 Å². The summed E-state index contributed by atoms with van der Waals surface area (Å²) in [6.45, 7) is 13.6. The molecule has 22 N–H and O–H groups in total. The summed E-state index contributed by atoms with van der Waals surface area (Å²) in [5.74, 6) is -16.9. The van der Waals surface area contributed by atoms with Gasteiger partial charge in [-0.25, -0.2) is 4.79 Å². The first-order chi connectivity index (χ1) is 42.9. The summed E-state index contributed by atoms with van der Waals surface area (Å²) < 4.78 is 5.97. The Morgan fingerprint density at radius 1 is 0.717 bits per heavy atom. The number of nitrogens with two attached hydrogens (primary N) is 3. The van der Waals surface area contributed by atoms with E-state index in [2.05, 4.69) is 47.9 Å². The van der Waals surface area contributed by atoms with Crippen molar-refractivity contribution in [3.8, 4) is 0 Å². The molecule has 1 saturated heterocycles. The van der Waals surface area contributed by atoms with Crippen molar-refractivity contribution in [3.05, 3.63) is 35.9 Å². The number of aliphatic hydroxyl groups excluding tert-OH is 4. The summed E-state index contributed by atoms with van der Waals surface area (Å²) in [4.78, 5) is 171. The van der Waals surface area contributed by atoms with Crippen molar-refractivity contribution in [2.45, 2.75) is 218 Å². The second-order valence-electron chi connectivity index (χ2n) is 25.7. The molecule has 1 aliphatic heterocycles. The van der Waals surface area contributed by atoms with Gasteiger partial charge in [0.1, 0.15) is 48.3 Å². The molecule has 1 heterocycles. The molecule has 0 radical (unpaired) electrons. The minimum atomic E-state index is -2.58. The SMILES string of the molecule is CC[C@H](C)C1NC(=O)[C@@H](CCCNC(=N)N)NC(=O)[C@H](CC(C)C)NC(=O)[C@H]([C@H](O)C(C)C)NC(=O)[C@@H](NC(=O)[C@H](CC(C)(C)C)NC(=O)C2(N)CCCCC2)[C@@H](c2ccccc2)OC(=O)[C@H](CO)NC(=O)[C@H]([C@H](O)C(N)=O)NC(=O)CNC(=O)[C@H]([C@H](C)O)NC1=O. The number of hydrogen-bond donors (Lipinski definition) is 19. The standard InChI is InChI=1S/C60H99N15O17/c1-11-31(6)39-52(86)73-40(32(7)77)51(85)66-27-38(78)71-42(45(80)47(61)81)54(88)69-37(28-76)56(90)92-46(33-19-14-12-15-20-33)43(75-50(84)36(26-59(8,9)10)70-57(91)60(64)22-16-13-17-23-60)55(89)74-41(44(79)30(4)5)53(87)68-35(25-29(2)3)49(83)67-34(48(82)72-39)21-18-24-65-58(62)63/h12,14-15,19-20,29-32,34-37,39-46,76-77,79-80H,11,13,16-18,21-28,64H2,1-10H3,(H2,61,81)(H,66,85)(H,67,83)(H,68,87)(H,69,88)(H,70,91)(H,71,78)(H,72,82)(H,73,86)(H,74,89)(H,75,84)(H4,62,63,65)/t31-,32-,34+,35-,36-,37-,39?,40-,41-,42-,43-,44+,45-,46+/m0/s1. The van der Waals surface area contributed by atoms with Crippen LogP contribution in [0.15, 0.2) is 30.3 Å². The van der Waals surface area contributed by atoms with Gasteiger partial charge in [-0.1, -0.05) is 118 Å². The van der Waals surface area contributed by atoms with E-state index in [9.17, 15) is 68.4 Å². The fourth-order valence-electron chi connectivity index (χ4n) is 10.2. The van der Waals surface area contributed by atoms with Gasteiger partial charge in [0.05, 0.1) is 30.9 Å². The van der Waals surface area contributed by atoms with Crippen LogP contribution < -0.4 is 75.7 Å². The fraction of sp³-hybridized carbons (Fsp3) is 0.683. The van der Waals surface area contributed by atoms with Crippen LogP contribution in [0.4, 0.5) is 0 Å². The Kier molecular flexibility index (Phi) is 30.8. The molecule has 1 unspecified atom stereocenters. The highest BCUT2D eigenvalue weighted by molar-refractivity contribution is 6.00. The third kappa shape index (κ3) is 24.2. The number of guanidine groups is 1. The van der Waals surface area contributed by atoms with Gasteiger partial charge in [0.15, 0.2) is 24.2 Å². The van der Waals surface area contributed by atoms with E-state index >= 15 is 9.59 Å². The van der Waals surface area contributed by atoms with Gasteiger partial charge in [0, 0.05) is 6.54 Å². The van der Waals surface area contributed by atoms with Gasteiger partial charge in [-0.05, 0) is 74.2 Å². The number of ether oxygens (including phenoxy) is 1. The predicted molar refractivity (Wildman–Crippen MR) is 333 cm³/mol. The largest absolute Gasteiger partial charge is 0.453 e. The Morgan fingerprint density at radius 3 is 1.82 bits per heavy atom. The molecule has 0 bridgehead atoms. The quantitative estimate of drug-likeness (QED) is 0.0253. The lowest BCUT2D eigenvalue weighted by molar-refractivity contribution is -0.159. The van der Waals surface area contributed by atoms with Crippen LogP contribution in [0.3, 0.4) is 0 Å². The molecule has 0 aromatic heterocycles. The molecule has 92 heavy (non-hydrogen) atoms. The van der Waals surface area contributed by atoms with E-state index in [0.717, 1.165) is 13.3 Å². The summed E-state index contributed by atoms with van der Waals surface area (Å²) in [5, 5.41) is 78.7. The molecule has 0 spiro atoms. The molecule has 1 aromatic carbocycles. The fourth-order valence-corrected chi connectivity index (χ4v) is 10.2. The number of benzene rings is 1. The van der Waals surface area contributed by atoms with E-state index in [-0.39, 0.29) is 63.0 Å². The van der Waals surface area contributed by atoms with E-state index < -0.39 is 192 Å². The van der Waals surface area contributed by atoms with Gasteiger partial charge in [-0.3, -0.25) is 58.1 Å². The zero-order valence-corrected chi connectivity index (χ0v) is 54.1. The number of nitrogens with one attached hydrogen (secondary N) is 12. The number of carbonyl (C=O) groups is 12. The number of esters is 1. The van der Waals surface area contributed by atoms with Gasteiger partial charge in [-0.15, -0.1) is 0 Å². The number of amides is 11. The highest BCUT2D eigenvalue weighted by atomic mass is 16.5. The van der Waals surface area contributed by atoms with Gasteiger partial charge in [-0.2, -0.15) is 0 Å². The number of rotatable bonds is 20. The van der Waals surface area contributed by atoms with E-state index in [1.165, 1.54) is 44.2 Å². The smallest absolute Gasteiger partial charge is 0.331 e. The summed E-state index contributed by atoms with van der Waals surface area (Å²) in [6, 6.07) is -9.63. The second kappa shape index (κ2) is 36.2. The first-order valence-electron chi connectivity index (χ1n) is 31.0. The first-order valence-corrected chi connectivity index (χ1v) is 31.0. The van der Waals surface area contributed by atoms with Crippen molar-refractivity contribution in [3.63, 3.8) is 0 Å². The Balaban J connectivity index is 2.42. The maximum absolute atomic E-state index is 15.5. The van der Waals surface area contributed by atoms with Gasteiger partial charge < -0.3 is 101 Å². The first kappa shape index (κ1) is 78.2. The van der Waals surface area contributed by atoms with Crippen molar-refractivity contribution in [1.82, 2.24) is 58.5 Å². The molecule has 2 aliphatic rings. The summed E-state index contributed by atoms with van der Waals surface area (Å²) >= 11 is 0. The highest BCUT2D eigenvalue weighted by Crippen LogP contribution is 2.29. The van der Waals surface area contributed by atoms with Gasteiger partial charge in [0.25, 0.3) is 0 Å². The lowest BCUT2D eigenvalue weighted by Crippen LogP contribution is -2.64. The average molecular weight is 1300 g/mol. The van der Waals surface area contributed by atoms with E-state index in [0.29, 0.717) is 12.8 Å². The minimum absolute atomic E-state index is 0.0156. The molecule has 32 nitrogen and oxygen atoms in total. The molecule has 516 valence electrons. The molecule has 1 saturated carbocycles. The monoisotopic (exact) mass is 1300 g/mol. The molecule has 11 amide bonds. The van der Waals surface area contributed by atoms with Gasteiger partial charge in [0.2, 0.25) is 65.0 Å². The molecular formula is C60H99N15O17. The maximum atomic E-state index is 15.5. The van der Waals surface area contributed by atoms with Crippen LogP contribution in [0.5, 0.6) is 0 Å². The van der Waals surface area contributed by atoms with Crippen molar-refractivity contribution >= 4 is 76.9 Å². The third-order valence-corrected chi connectivity index (χ3v) is 15.7. The minimum Gasteiger partial charge on any atom is -0.453 e. The van der Waals surface area contributed by atoms with Crippen LogP contribution in [0.1, 0.15) is 145 Å². The predicted octanol–water partition coefficient (Wildman–Crippen LogP) is -4.55. The van der Waals surface area contributed by atoms with Crippen LogP contribution in [-0.4, -0.2) is 195 Å². The molecule has 2 fully saturated rings. The third-order valence-electron chi connectivity index (χ3n) is 15.7. The van der Waals surface area contributed by atoms with Crippen molar-refractivity contribution in [2.24, 2.45) is 40.4 Å². The summed E-state index contributed by atoms with van der Waals surface area (Å²) in [7, 11) is 0. The Morgan fingerprint density at radius 2 is 1.27 bits per heavy atom. The second-order valence-corrected chi connectivity index (χ2v) is 25.7. The number of aliphatic hydroxyl groups is 4. The van der Waals surface area contributed by atoms with E-state index in [4.69, 9.17) is 27.3 Å². The Hall–Kier alpha value is -8.07. The zero-order chi connectivity index (χ0) is 69.5. The molecule has 1 aliphatic carbocycles. The van der Waals surface area contributed by atoms with Crippen LogP contribution in [0.25, 0.3) is 0 Å². The molecule has 32 heteroatoms. The Labute approximate surface area is 535 Å². The lowest BCUT2D eigenvalue weighted by Gasteiger charge is -2.36. The number of primary amides is 1. The Bertz CT molecular complexity index is 2740. The highest BCUT2D eigenvalue weighted by Gasteiger charge is 2.45. The molecule has 3 rings (SSSR count). The van der Waals surface area contributed by atoms with Crippen LogP contribution >= 0.6 is 0 Å². The summed E-state index contributed by atoms with van der Waals surface area (Å²) in [6.07, 6.45) is -5.63. The molecule has 14 atom stereocenters. The van der Waals surface area contributed by atoms with Crippen molar-refractivity contribution in [2.75, 3.05) is 19.7 Å². The molecular weight excluding hydrogens is 1200 g/mol. The lowest BCUT2D eigenvalue weighted by atomic mass is 9.81. The van der Waals surface area contributed by atoms with Gasteiger partial charge >= 0.3 is 5.97 Å². The van der Waals surface area contributed by atoms with E-state index in [1.807, 2.05) is 10.6 Å². The number of carbonyl (C=O) groups excluding carboxylic acids is 12. The summed E-state index contributed by atoms with van der Waals surface area (Å²) in [5.41, 5.74) is 15.3. The number of cyclic esters (lactones) is 1. The van der Waals surface area contributed by atoms with Crippen LogP contribution in [-0.2, 0) is 62.3 Å². The zero-order valence-electron chi connectivity index (χ0n) is 54.1. The average Bonchev–Trinajstić information content (AvgIpc) is 1.04. The van der Waals surface area contributed by atoms with Crippen LogP contribution in [0, 0.1) is 28.6 Å². The van der Waals surface area contributed by atoms with Crippen molar-refractivity contribution in [1.29, 1.82) is 5.41 Å². The number of hydrogen-bond acceptors (Lipinski definition) is 19. The van der Waals surface area contributed by atoms with Crippen molar-refractivity contribution < 1.29 is 82.7 Å². The maximum Gasteiger partial charge on any atom is 0.331 e. The topological polar surface area (TPSA) is 529 Å². The van der Waals surface area contributed by atoms with E-state index in [1.54, 1.807) is 48.5 Å².